The van der Waals surface area contributed by atoms with Gasteiger partial charge in [-0.2, -0.15) is 18.3 Å². The van der Waals surface area contributed by atoms with Gasteiger partial charge in [0.15, 0.2) is 0 Å². The molecule has 162 valence electrons. The summed E-state index contributed by atoms with van der Waals surface area (Å²) in [7, 11) is 0. The second-order valence-electron chi connectivity index (χ2n) is 6.83. The molecule has 4 N–H and O–H groups in total. The molecule has 0 saturated carbocycles. The van der Waals surface area contributed by atoms with E-state index in [0.29, 0.717) is 17.0 Å². The third-order valence-electron chi connectivity index (χ3n) is 4.54. The van der Waals surface area contributed by atoms with Gasteiger partial charge in [0.25, 0.3) is 5.91 Å². The van der Waals surface area contributed by atoms with Gasteiger partial charge in [0.05, 0.1) is 29.3 Å². The van der Waals surface area contributed by atoms with Gasteiger partial charge in [-0.05, 0) is 29.8 Å². The molecule has 0 aliphatic rings. The number of aliphatic carboxylic acids is 1. The smallest absolute Gasteiger partial charge is 0.416 e. The van der Waals surface area contributed by atoms with Crippen LogP contribution in [0.25, 0.3) is 10.9 Å². The van der Waals surface area contributed by atoms with Gasteiger partial charge in [0, 0.05) is 12.3 Å². The summed E-state index contributed by atoms with van der Waals surface area (Å²) >= 11 is 0. The molecule has 0 fully saturated rings. The first-order valence-electron chi connectivity index (χ1n) is 8.95. The van der Waals surface area contributed by atoms with E-state index in [1.807, 2.05) is 0 Å². The summed E-state index contributed by atoms with van der Waals surface area (Å²) in [6.45, 7) is 1.06. The van der Waals surface area contributed by atoms with Crippen molar-refractivity contribution in [3.63, 3.8) is 0 Å². The van der Waals surface area contributed by atoms with E-state index in [4.69, 9.17) is 0 Å². The molecule has 31 heavy (non-hydrogen) atoms. The van der Waals surface area contributed by atoms with E-state index < -0.39 is 41.6 Å². The van der Waals surface area contributed by atoms with Crippen LogP contribution in [-0.2, 0) is 21.4 Å². The van der Waals surface area contributed by atoms with Crippen LogP contribution in [0.4, 0.5) is 13.2 Å². The Balaban J connectivity index is 2.13. The van der Waals surface area contributed by atoms with Crippen molar-refractivity contribution in [3.05, 3.63) is 65.4 Å². The van der Waals surface area contributed by atoms with Gasteiger partial charge >= 0.3 is 12.1 Å². The van der Waals surface area contributed by atoms with Gasteiger partial charge in [-0.1, -0.05) is 18.2 Å². The number of carbonyl (C=O) groups excluding carboxylic acids is 2. The normalized spacial score (nSPS) is 13.4. The Hall–Kier alpha value is -3.89. The highest BCUT2D eigenvalue weighted by atomic mass is 19.4. The summed E-state index contributed by atoms with van der Waals surface area (Å²) in [6, 6.07) is 8.42. The third kappa shape index (κ3) is 4.65. The van der Waals surface area contributed by atoms with E-state index in [1.165, 1.54) is 18.3 Å². The van der Waals surface area contributed by atoms with Crippen LogP contribution in [0, 0.1) is 0 Å². The van der Waals surface area contributed by atoms with Gasteiger partial charge in [-0.25, -0.2) is 0 Å². The zero-order valence-corrected chi connectivity index (χ0v) is 16.1. The lowest BCUT2D eigenvalue weighted by Crippen LogP contribution is -2.58. The van der Waals surface area contributed by atoms with Crippen molar-refractivity contribution in [2.24, 2.45) is 0 Å². The largest absolute Gasteiger partial charge is 0.481 e. The first kappa shape index (κ1) is 21.8. The second kappa shape index (κ2) is 8.09. The molecule has 11 heteroatoms. The van der Waals surface area contributed by atoms with Crippen molar-refractivity contribution in [2.75, 3.05) is 0 Å². The van der Waals surface area contributed by atoms with Crippen molar-refractivity contribution in [3.8, 4) is 0 Å². The summed E-state index contributed by atoms with van der Waals surface area (Å²) in [5.74, 6) is -3.01. The maximum atomic E-state index is 13.2. The minimum Gasteiger partial charge on any atom is -0.481 e. The molecule has 0 spiro atoms. The average molecular weight is 434 g/mol. The highest BCUT2D eigenvalue weighted by Gasteiger charge is 2.40. The van der Waals surface area contributed by atoms with Crippen molar-refractivity contribution in [1.82, 2.24) is 20.8 Å². The van der Waals surface area contributed by atoms with Crippen LogP contribution in [0.1, 0.15) is 34.8 Å². The summed E-state index contributed by atoms with van der Waals surface area (Å²) < 4.78 is 39.7. The topological polar surface area (TPSA) is 124 Å². The molecule has 0 radical (unpaired) electrons. The number of carbonyl (C=O) groups is 3. The summed E-state index contributed by atoms with van der Waals surface area (Å²) in [6.07, 6.45) is -4.24. The molecule has 2 amide bonds. The quantitative estimate of drug-likeness (QED) is 0.444. The van der Waals surface area contributed by atoms with E-state index in [1.54, 1.807) is 12.1 Å². The molecule has 2 aromatic carbocycles. The molecular weight excluding hydrogens is 417 g/mol. The fourth-order valence-corrected chi connectivity index (χ4v) is 3.28. The number of nitrogens with one attached hydrogen (secondary N) is 3. The minimum absolute atomic E-state index is 0.0957. The van der Waals surface area contributed by atoms with E-state index in [0.717, 1.165) is 19.1 Å². The number of amides is 2. The highest BCUT2D eigenvalue weighted by Crippen LogP contribution is 2.33. The molecule has 1 atom stereocenters. The predicted octanol–water partition coefficient (Wildman–Crippen LogP) is 2.78. The number of H-pyrrole nitrogens is 1. The number of benzene rings is 2. The number of rotatable bonds is 6. The lowest BCUT2D eigenvalue weighted by molar-refractivity contribution is -0.139. The number of alkyl halides is 3. The highest BCUT2D eigenvalue weighted by molar-refractivity contribution is 6.06. The third-order valence-corrected chi connectivity index (χ3v) is 4.54. The predicted molar refractivity (Wildman–Crippen MR) is 103 cm³/mol. The Labute approximate surface area is 173 Å². The van der Waals surface area contributed by atoms with E-state index >= 15 is 0 Å². The molecule has 0 bridgehead atoms. The number of nitrogens with zero attached hydrogens (tertiary/aromatic N) is 1. The Morgan fingerprint density at radius 1 is 1.06 bits per heavy atom. The van der Waals surface area contributed by atoms with E-state index in [2.05, 4.69) is 20.8 Å². The number of carboxylic acids is 1. The van der Waals surface area contributed by atoms with E-state index in [-0.39, 0.29) is 11.1 Å². The monoisotopic (exact) mass is 434 g/mol. The number of fused-ring (bicyclic) bond motifs is 1. The molecule has 8 nitrogen and oxygen atoms in total. The zero-order chi connectivity index (χ0) is 22.8. The molecular formula is C20H17F3N4O4. The average Bonchev–Trinajstić information content (AvgIpc) is 3.15. The number of hydrogen-bond acceptors (Lipinski definition) is 4. The molecule has 3 rings (SSSR count). The Bertz CT molecular complexity index is 1140. The fourth-order valence-electron chi connectivity index (χ4n) is 3.28. The first-order chi connectivity index (χ1) is 14.5. The molecule has 0 aliphatic carbocycles. The number of aromatic nitrogens is 2. The molecule has 0 saturated heterocycles. The van der Waals surface area contributed by atoms with Crippen molar-refractivity contribution in [2.45, 2.75) is 25.2 Å². The summed E-state index contributed by atoms with van der Waals surface area (Å²) in [5.41, 5.74) is -2.82. The SMILES string of the molecule is CC(=O)NC(CC(=O)O)(NC(=O)c1cccc2[nH]ncc12)c1cccc(C(F)(F)F)c1. The van der Waals surface area contributed by atoms with Gasteiger partial charge in [-0.3, -0.25) is 19.5 Å². The van der Waals surface area contributed by atoms with Crippen LogP contribution in [0.5, 0.6) is 0 Å². The minimum atomic E-state index is -4.71. The molecule has 0 aliphatic heterocycles. The van der Waals surface area contributed by atoms with Crippen LogP contribution >= 0.6 is 0 Å². The van der Waals surface area contributed by atoms with Gasteiger partial charge in [-0.15, -0.1) is 0 Å². The van der Waals surface area contributed by atoms with Gasteiger partial charge < -0.3 is 15.7 Å². The maximum absolute atomic E-state index is 13.2. The fraction of sp³-hybridized carbons (Fsp3) is 0.200. The number of aromatic amines is 1. The lowest BCUT2D eigenvalue weighted by atomic mass is 9.92. The molecule has 1 aromatic heterocycles. The Kier molecular flexibility index (Phi) is 5.69. The summed E-state index contributed by atoms with van der Waals surface area (Å²) in [4.78, 5) is 36.6. The molecule has 3 aromatic rings. The van der Waals surface area contributed by atoms with Crippen molar-refractivity contribution < 1.29 is 32.7 Å². The summed E-state index contributed by atoms with van der Waals surface area (Å²) in [5, 5.41) is 21.1. The standard InChI is InChI=1S/C20H17F3N4O4/c1-11(28)25-19(9-17(29)30,12-4-2-5-13(8-12)20(21,22)23)26-18(31)14-6-3-7-16-15(14)10-24-27-16/h2-8,10H,9H2,1H3,(H,24,27)(H,25,28)(H,26,31)(H,29,30). The lowest BCUT2D eigenvalue weighted by Gasteiger charge is -2.35. The Morgan fingerprint density at radius 2 is 1.74 bits per heavy atom. The number of carboxylic acid groups (broad SMARTS) is 1. The van der Waals surface area contributed by atoms with E-state index in [9.17, 15) is 32.7 Å². The second-order valence-corrected chi connectivity index (χ2v) is 6.83. The van der Waals surface area contributed by atoms with Crippen LogP contribution in [0.3, 0.4) is 0 Å². The van der Waals surface area contributed by atoms with Crippen LogP contribution in [0.15, 0.2) is 48.7 Å². The first-order valence-corrected chi connectivity index (χ1v) is 8.95. The molecule has 1 unspecified atom stereocenters. The van der Waals surface area contributed by atoms with Gasteiger partial charge in [0.1, 0.15) is 5.66 Å². The molecule has 1 heterocycles. The number of halogens is 3. The van der Waals surface area contributed by atoms with Crippen molar-refractivity contribution >= 4 is 28.7 Å². The maximum Gasteiger partial charge on any atom is 0.416 e. The van der Waals surface area contributed by atoms with Crippen LogP contribution in [-0.4, -0.2) is 33.1 Å². The van der Waals surface area contributed by atoms with Crippen molar-refractivity contribution in [1.29, 1.82) is 0 Å². The zero-order valence-electron chi connectivity index (χ0n) is 16.1. The number of hydrogen-bond donors (Lipinski definition) is 4. The van der Waals surface area contributed by atoms with Crippen LogP contribution in [0.2, 0.25) is 0 Å². The van der Waals surface area contributed by atoms with Gasteiger partial charge in [0.2, 0.25) is 5.91 Å². The van der Waals surface area contributed by atoms with Crippen LogP contribution < -0.4 is 10.6 Å². The Morgan fingerprint density at radius 3 is 2.39 bits per heavy atom.